The van der Waals surface area contributed by atoms with Gasteiger partial charge in [-0.3, -0.25) is 0 Å². The fourth-order valence-corrected chi connectivity index (χ4v) is 3.30. The lowest BCUT2D eigenvalue weighted by Crippen LogP contribution is -2.48. The van der Waals surface area contributed by atoms with Crippen molar-refractivity contribution < 1.29 is 0 Å². The summed E-state index contributed by atoms with van der Waals surface area (Å²) in [6.07, 6.45) is 1.15. The zero-order valence-corrected chi connectivity index (χ0v) is 13.4. The third-order valence-corrected chi connectivity index (χ3v) is 4.65. The molecule has 1 saturated heterocycles. The van der Waals surface area contributed by atoms with E-state index in [1.807, 2.05) is 19.1 Å². The minimum atomic E-state index is 0.612. The average molecular weight is 301 g/mol. The molecule has 106 valence electrons. The lowest BCUT2D eigenvalue weighted by Gasteiger charge is -2.39. The van der Waals surface area contributed by atoms with Gasteiger partial charge < -0.3 is 10.2 Å². The molecule has 1 fully saturated rings. The minimum Gasteiger partial charge on any atom is -0.370 e. The Morgan fingerprint density at radius 3 is 2.68 bits per heavy atom. The number of hydrogen-bond acceptors (Lipinski definition) is 2. The normalized spacial score (nSPS) is 23.7. The summed E-state index contributed by atoms with van der Waals surface area (Å²) < 4.78 is 0. The first-order chi connectivity index (χ1) is 9.02. The second-order valence-corrected chi connectivity index (χ2v) is 6.24. The zero-order valence-electron chi connectivity index (χ0n) is 11.8. The van der Waals surface area contributed by atoms with E-state index < -0.39 is 0 Å². The number of anilines is 1. The first kappa shape index (κ1) is 15.0. The van der Waals surface area contributed by atoms with Gasteiger partial charge in [0, 0.05) is 24.2 Å². The number of rotatable bonds is 3. The van der Waals surface area contributed by atoms with E-state index in [0.717, 1.165) is 47.4 Å². The predicted octanol–water partition coefficient (Wildman–Crippen LogP) is 4.13. The minimum absolute atomic E-state index is 0.612. The van der Waals surface area contributed by atoms with Crippen LogP contribution in [0.2, 0.25) is 10.0 Å². The van der Waals surface area contributed by atoms with E-state index >= 15 is 0 Å². The van der Waals surface area contributed by atoms with Gasteiger partial charge in [-0.1, -0.05) is 37.0 Å². The Hall–Kier alpha value is -0.440. The van der Waals surface area contributed by atoms with Crippen molar-refractivity contribution in [1.82, 2.24) is 5.32 Å². The Morgan fingerprint density at radius 2 is 2.05 bits per heavy atom. The monoisotopic (exact) mass is 300 g/mol. The number of piperidine rings is 1. The highest BCUT2D eigenvalue weighted by Crippen LogP contribution is 2.34. The standard InChI is InChI=1S/C15H22Cl2N2/c1-4-18-14-5-6-19(9-11(14)3)15-8-12(16)10(2)7-13(15)17/h7-8,11,14,18H,4-6,9H2,1-3H3. The van der Waals surface area contributed by atoms with Crippen LogP contribution in [-0.4, -0.2) is 25.7 Å². The number of benzene rings is 1. The van der Waals surface area contributed by atoms with Crippen molar-refractivity contribution in [2.24, 2.45) is 5.92 Å². The van der Waals surface area contributed by atoms with Crippen LogP contribution in [0.15, 0.2) is 12.1 Å². The number of halogens is 2. The van der Waals surface area contributed by atoms with Crippen molar-refractivity contribution in [2.45, 2.75) is 33.2 Å². The molecule has 0 saturated carbocycles. The molecule has 2 nitrogen and oxygen atoms in total. The summed E-state index contributed by atoms with van der Waals surface area (Å²) in [6.45, 7) is 9.53. The third-order valence-electron chi connectivity index (χ3n) is 3.94. The van der Waals surface area contributed by atoms with Crippen LogP contribution in [-0.2, 0) is 0 Å². The topological polar surface area (TPSA) is 15.3 Å². The van der Waals surface area contributed by atoms with Gasteiger partial charge in [-0.25, -0.2) is 0 Å². The number of nitrogens with one attached hydrogen (secondary N) is 1. The molecular formula is C15H22Cl2N2. The number of aryl methyl sites for hydroxylation is 1. The molecule has 19 heavy (non-hydrogen) atoms. The highest BCUT2D eigenvalue weighted by atomic mass is 35.5. The van der Waals surface area contributed by atoms with Crippen LogP contribution in [0.5, 0.6) is 0 Å². The first-order valence-electron chi connectivity index (χ1n) is 6.97. The quantitative estimate of drug-likeness (QED) is 0.903. The van der Waals surface area contributed by atoms with Crippen LogP contribution in [0.25, 0.3) is 0 Å². The molecule has 0 bridgehead atoms. The molecule has 1 heterocycles. The Labute approximate surface area is 126 Å². The Bertz CT molecular complexity index is 448. The van der Waals surface area contributed by atoms with E-state index in [1.165, 1.54) is 0 Å². The maximum absolute atomic E-state index is 6.36. The first-order valence-corrected chi connectivity index (χ1v) is 7.72. The van der Waals surface area contributed by atoms with E-state index in [9.17, 15) is 0 Å². The molecule has 0 spiro atoms. The van der Waals surface area contributed by atoms with E-state index in [0.29, 0.717) is 12.0 Å². The predicted molar refractivity (Wildman–Crippen MR) is 84.7 cm³/mol. The third kappa shape index (κ3) is 3.36. The number of hydrogen-bond donors (Lipinski definition) is 1. The molecule has 0 amide bonds. The van der Waals surface area contributed by atoms with Crippen molar-refractivity contribution in [3.63, 3.8) is 0 Å². The van der Waals surface area contributed by atoms with Crippen molar-refractivity contribution in [3.05, 3.63) is 27.7 Å². The molecule has 1 aromatic rings. The zero-order chi connectivity index (χ0) is 14.0. The maximum Gasteiger partial charge on any atom is 0.0643 e. The highest BCUT2D eigenvalue weighted by molar-refractivity contribution is 6.35. The highest BCUT2D eigenvalue weighted by Gasteiger charge is 2.26. The van der Waals surface area contributed by atoms with Crippen LogP contribution in [0.3, 0.4) is 0 Å². The van der Waals surface area contributed by atoms with E-state index in [4.69, 9.17) is 23.2 Å². The van der Waals surface area contributed by atoms with Crippen LogP contribution in [0.4, 0.5) is 5.69 Å². The summed E-state index contributed by atoms with van der Waals surface area (Å²) in [7, 11) is 0. The van der Waals surface area contributed by atoms with Gasteiger partial charge in [0.25, 0.3) is 0 Å². The molecule has 1 aliphatic heterocycles. The van der Waals surface area contributed by atoms with Crippen LogP contribution < -0.4 is 10.2 Å². The molecule has 2 atom stereocenters. The van der Waals surface area contributed by atoms with Gasteiger partial charge in [-0.15, -0.1) is 0 Å². The summed E-state index contributed by atoms with van der Waals surface area (Å²) in [5, 5.41) is 5.15. The van der Waals surface area contributed by atoms with Gasteiger partial charge in [0.05, 0.1) is 10.7 Å². The molecule has 0 radical (unpaired) electrons. The Kier molecular flexibility index (Phi) is 4.99. The van der Waals surface area contributed by atoms with Gasteiger partial charge in [0.15, 0.2) is 0 Å². The molecule has 1 aliphatic rings. The average Bonchev–Trinajstić information content (AvgIpc) is 2.36. The van der Waals surface area contributed by atoms with Gasteiger partial charge in [-0.2, -0.15) is 0 Å². The summed E-state index contributed by atoms with van der Waals surface area (Å²) >= 11 is 12.6. The fourth-order valence-electron chi connectivity index (χ4n) is 2.81. The summed E-state index contributed by atoms with van der Waals surface area (Å²) in [4.78, 5) is 2.35. The van der Waals surface area contributed by atoms with Crippen molar-refractivity contribution >= 4 is 28.9 Å². The largest absolute Gasteiger partial charge is 0.370 e. The lowest BCUT2D eigenvalue weighted by atomic mass is 9.93. The Balaban J connectivity index is 2.14. The fraction of sp³-hybridized carbons (Fsp3) is 0.600. The molecule has 0 aliphatic carbocycles. The Morgan fingerprint density at radius 1 is 1.32 bits per heavy atom. The van der Waals surface area contributed by atoms with Gasteiger partial charge in [-0.05, 0) is 43.5 Å². The van der Waals surface area contributed by atoms with Crippen molar-refractivity contribution in [2.75, 3.05) is 24.5 Å². The maximum atomic E-state index is 6.36. The SMILES string of the molecule is CCNC1CCN(c2cc(Cl)c(C)cc2Cl)CC1C. The lowest BCUT2D eigenvalue weighted by molar-refractivity contribution is 0.327. The number of nitrogens with zero attached hydrogens (tertiary/aromatic N) is 1. The molecule has 2 rings (SSSR count). The van der Waals surface area contributed by atoms with E-state index in [2.05, 4.69) is 24.1 Å². The van der Waals surface area contributed by atoms with Gasteiger partial charge in [0.1, 0.15) is 0 Å². The molecule has 0 aromatic heterocycles. The van der Waals surface area contributed by atoms with E-state index in [1.54, 1.807) is 0 Å². The van der Waals surface area contributed by atoms with Crippen LogP contribution in [0, 0.1) is 12.8 Å². The van der Waals surface area contributed by atoms with Crippen molar-refractivity contribution in [3.8, 4) is 0 Å². The molecule has 1 N–H and O–H groups in total. The van der Waals surface area contributed by atoms with Crippen LogP contribution in [0.1, 0.15) is 25.8 Å². The summed E-state index contributed by atoms with van der Waals surface area (Å²) in [6, 6.07) is 4.57. The summed E-state index contributed by atoms with van der Waals surface area (Å²) in [5.74, 6) is 0.616. The molecule has 2 unspecified atom stereocenters. The second-order valence-electron chi connectivity index (χ2n) is 5.43. The van der Waals surface area contributed by atoms with E-state index in [-0.39, 0.29) is 0 Å². The second kappa shape index (κ2) is 6.34. The van der Waals surface area contributed by atoms with Gasteiger partial charge >= 0.3 is 0 Å². The van der Waals surface area contributed by atoms with Crippen molar-refractivity contribution in [1.29, 1.82) is 0 Å². The molecule has 1 aromatic carbocycles. The smallest absolute Gasteiger partial charge is 0.0643 e. The molecule has 4 heteroatoms. The van der Waals surface area contributed by atoms with Gasteiger partial charge in [0.2, 0.25) is 0 Å². The summed E-state index contributed by atoms with van der Waals surface area (Å²) in [5.41, 5.74) is 2.10. The molecular weight excluding hydrogens is 279 g/mol. The van der Waals surface area contributed by atoms with Crippen LogP contribution >= 0.6 is 23.2 Å².